The van der Waals surface area contributed by atoms with Gasteiger partial charge >= 0.3 is 0 Å². The number of nitrogens with zero attached hydrogens (tertiary/aromatic N) is 1. The predicted molar refractivity (Wildman–Crippen MR) is 112 cm³/mol. The Kier molecular flexibility index (Phi) is 4.64. The molecular formula is C23H24N4O2. The van der Waals surface area contributed by atoms with Gasteiger partial charge in [0.2, 0.25) is 5.91 Å². The van der Waals surface area contributed by atoms with Crippen molar-refractivity contribution >= 4 is 16.7 Å². The van der Waals surface area contributed by atoms with Gasteiger partial charge in [0.05, 0.1) is 11.1 Å². The second kappa shape index (κ2) is 7.44. The molecule has 6 nitrogen and oxygen atoms in total. The first-order chi connectivity index (χ1) is 14.2. The minimum Gasteiger partial charge on any atom is -0.352 e. The van der Waals surface area contributed by atoms with Gasteiger partial charge in [-0.05, 0) is 42.9 Å². The van der Waals surface area contributed by atoms with Gasteiger partial charge in [-0.25, -0.2) is 5.10 Å². The molecule has 1 fully saturated rings. The largest absolute Gasteiger partial charge is 0.352 e. The van der Waals surface area contributed by atoms with Crippen LogP contribution in [-0.4, -0.2) is 22.1 Å². The average molecular weight is 388 g/mol. The molecule has 0 saturated heterocycles. The Hall–Kier alpha value is -2.99. The van der Waals surface area contributed by atoms with Crippen molar-refractivity contribution in [2.45, 2.75) is 50.2 Å². The number of carbonyl (C=O) groups excluding carboxylic acids is 1. The first-order valence-corrected chi connectivity index (χ1v) is 10.3. The number of H-pyrrole nitrogens is 1. The van der Waals surface area contributed by atoms with Gasteiger partial charge in [-0.15, -0.1) is 0 Å². The highest BCUT2D eigenvalue weighted by atomic mass is 16.2. The number of hydrogen-bond acceptors (Lipinski definition) is 4. The van der Waals surface area contributed by atoms with Crippen LogP contribution in [0.5, 0.6) is 0 Å². The van der Waals surface area contributed by atoms with Crippen LogP contribution in [-0.2, 0) is 11.3 Å². The highest BCUT2D eigenvalue weighted by Crippen LogP contribution is 2.35. The van der Waals surface area contributed by atoms with Gasteiger partial charge in [-0.1, -0.05) is 42.5 Å². The summed E-state index contributed by atoms with van der Waals surface area (Å²) in [6, 6.07) is 15.7. The molecule has 0 bridgehead atoms. The minimum absolute atomic E-state index is 0.0611. The zero-order chi connectivity index (χ0) is 19.8. The third kappa shape index (κ3) is 3.34. The van der Waals surface area contributed by atoms with Crippen LogP contribution >= 0.6 is 0 Å². The normalized spacial score (nSPS) is 23.7. The number of amides is 1. The second-order valence-electron chi connectivity index (χ2n) is 8.05. The summed E-state index contributed by atoms with van der Waals surface area (Å²) < 4.78 is 0. The molecule has 2 aliphatic rings. The molecule has 1 aliphatic heterocycles. The number of rotatable bonds is 3. The molecule has 2 aromatic carbocycles. The Morgan fingerprint density at radius 1 is 0.966 bits per heavy atom. The van der Waals surface area contributed by atoms with E-state index in [4.69, 9.17) is 0 Å². The molecule has 0 spiro atoms. The zero-order valence-electron chi connectivity index (χ0n) is 16.2. The van der Waals surface area contributed by atoms with E-state index in [1.807, 2.05) is 42.5 Å². The van der Waals surface area contributed by atoms with E-state index in [0.717, 1.165) is 48.9 Å². The van der Waals surface area contributed by atoms with Gasteiger partial charge in [0.15, 0.2) is 0 Å². The summed E-state index contributed by atoms with van der Waals surface area (Å²) in [6.45, 7) is 0.742. The fourth-order valence-corrected chi connectivity index (χ4v) is 4.78. The Morgan fingerprint density at radius 2 is 1.69 bits per heavy atom. The van der Waals surface area contributed by atoms with Gasteiger partial charge in [0.25, 0.3) is 5.56 Å². The van der Waals surface area contributed by atoms with Gasteiger partial charge < -0.3 is 5.32 Å². The molecule has 5 rings (SSSR count). The molecule has 148 valence electrons. The van der Waals surface area contributed by atoms with Crippen LogP contribution in [0.1, 0.15) is 54.5 Å². The van der Waals surface area contributed by atoms with E-state index in [2.05, 4.69) is 26.9 Å². The summed E-state index contributed by atoms with van der Waals surface area (Å²) in [5.74, 6) is 0.362. The summed E-state index contributed by atoms with van der Waals surface area (Å²) in [7, 11) is 0. The lowest BCUT2D eigenvalue weighted by molar-refractivity contribution is -0.124. The van der Waals surface area contributed by atoms with Crippen molar-refractivity contribution in [2.24, 2.45) is 0 Å². The van der Waals surface area contributed by atoms with E-state index in [1.165, 1.54) is 5.56 Å². The number of aromatic nitrogens is 2. The molecule has 29 heavy (non-hydrogen) atoms. The monoisotopic (exact) mass is 388 g/mol. The van der Waals surface area contributed by atoms with Crippen LogP contribution in [0.25, 0.3) is 10.8 Å². The highest BCUT2D eigenvalue weighted by Gasteiger charge is 2.31. The van der Waals surface area contributed by atoms with E-state index >= 15 is 0 Å². The van der Waals surface area contributed by atoms with E-state index in [-0.39, 0.29) is 23.6 Å². The predicted octanol–water partition coefficient (Wildman–Crippen LogP) is 2.91. The average Bonchev–Trinajstić information content (AvgIpc) is 3.19. The molecule has 3 N–H and O–H groups in total. The molecule has 0 radical (unpaired) electrons. The minimum atomic E-state index is -0.256. The fraction of sp³-hybridized carbons (Fsp3) is 0.348. The summed E-state index contributed by atoms with van der Waals surface area (Å²) in [5.41, 5.74) is 3.11. The third-order valence-corrected chi connectivity index (χ3v) is 6.31. The maximum absolute atomic E-state index is 12.8. The number of aromatic amines is 1. The van der Waals surface area contributed by atoms with Gasteiger partial charge in [-0.2, -0.15) is 5.10 Å². The smallest absolute Gasteiger partial charge is 0.272 e. The quantitative estimate of drug-likeness (QED) is 0.644. The van der Waals surface area contributed by atoms with Crippen LogP contribution in [0.15, 0.2) is 53.3 Å². The van der Waals surface area contributed by atoms with Crippen LogP contribution in [0, 0.1) is 0 Å². The van der Waals surface area contributed by atoms with Crippen molar-refractivity contribution in [3.63, 3.8) is 0 Å². The maximum atomic E-state index is 12.8. The van der Waals surface area contributed by atoms with Crippen molar-refractivity contribution in [3.05, 3.63) is 75.7 Å². The summed E-state index contributed by atoms with van der Waals surface area (Å²) in [4.78, 5) is 24.8. The van der Waals surface area contributed by atoms with E-state index in [0.29, 0.717) is 11.3 Å². The number of nitrogens with one attached hydrogen (secondary N) is 3. The van der Waals surface area contributed by atoms with Crippen LogP contribution in [0.4, 0.5) is 0 Å². The third-order valence-electron chi connectivity index (χ3n) is 6.31. The first-order valence-electron chi connectivity index (χ1n) is 10.3. The van der Waals surface area contributed by atoms with Crippen LogP contribution in [0.3, 0.4) is 0 Å². The number of carbonyl (C=O) groups is 1. The standard InChI is InChI=1S/C23H24N4O2/c28-22-19-8-4-3-7-18(19)20(26-27-22)14-9-11-16(12-10-14)25-23(29)21-17-6-2-1-5-15(17)13-24-21/h1-8,14,16,21,24H,9-13H2,(H,25,29)(H,27,28). The van der Waals surface area contributed by atoms with Crippen molar-refractivity contribution in [2.75, 3.05) is 0 Å². The SMILES string of the molecule is O=C(NC1CCC(c2n[nH]c(=O)c3ccccc23)CC1)C1NCc2ccccc21. The maximum Gasteiger partial charge on any atom is 0.272 e. The topological polar surface area (TPSA) is 86.9 Å². The molecule has 1 amide bonds. The molecule has 6 heteroatoms. The Morgan fingerprint density at radius 3 is 2.52 bits per heavy atom. The summed E-state index contributed by atoms with van der Waals surface area (Å²) in [6.07, 6.45) is 3.73. The molecular weight excluding hydrogens is 364 g/mol. The molecule has 2 heterocycles. The second-order valence-corrected chi connectivity index (χ2v) is 8.05. The van der Waals surface area contributed by atoms with E-state index < -0.39 is 0 Å². The van der Waals surface area contributed by atoms with E-state index in [1.54, 1.807) is 0 Å². The Balaban J connectivity index is 1.25. The molecule has 1 aliphatic carbocycles. The zero-order valence-corrected chi connectivity index (χ0v) is 16.2. The first kappa shape index (κ1) is 18.1. The van der Waals surface area contributed by atoms with Gasteiger partial charge in [0, 0.05) is 23.9 Å². The molecule has 1 saturated carbocycles. The Labute approximate surface area is 168 Å². The van der Waals surface area contributed by atoms with Crippen molar-refractivity contribution in [3.8, 4) is 0 Å². The lowest BCUT2D eigenvalue weighted by atomic mass is 9.82. The van der Waals surface area contributed by atoms with Gasteiger partial charge in [0.1, 0.15) is 6.04 Å². The molecule has 1 atom stereocenters. The lowest BCUT2D eigenvalue weighted by Crippen LogP contribution is -2.42. The van der Waals surface area contributed by atoms with Crippen LogP contribution < -0.4 is 16.2 Å². The highest BCUT2D eigenvalue weighted by molar-refractivity contribution is 5.85. The summed E-state index contributed by atoms with van der Waals surface area (Å²) >= 11 is 0. The Bertz CT molecular complexity index is 1120. The number of benzene rings is 2. The van der Waals surface area contributed by atoms with E-state index in [9.17, 15) is 9.59 Å². The van der Waals surface area contributed by atoms with Crippen molar-refractivity contribution in [1.29, 1.82) is 0 Å². The fourth-order valence-electron chi connectivity index (χ4n) is 4.78. The van der Waals surface area contributed by atoms with Crippen molar-refractivity contribution in [1.82, 2.24) is 20.8 Å². The molecule has 1 unspecified atom stereocenters. The van der Waals surface area contributed by atoms with Crippen molar-refractivity contribution < 1.29 is 4.79 Å². The number of hydrogen-bond donors (Lipinski definition) is 3. The number of fused-ring (bicyclic) bond motifs is 2. The molecule has 1 aromatic heterocycles. The lowest BCUT2D eigenvalue weighted by Gasteiger charge is -2.30. The summed E-state index contributed by atoms with van der Waals surface area (Å²) in [5, 5.41) is 15.2. The molecule has 3 aromatic rings. The van der Waals surface area contributed by atoms with Crippen LogP contribution in [0.2, 0.25) is 0 Å². The van der Waals surface area contributed by atoms with Gasteiger partial charge in [-0.3, -0.25) is 14.9 Å².